The van der Waals surface area contributed by atoms with Gasteiger partial charge >= 0.3 is 0 Å². The van der Waals surface area contributed by atoms with Gasteiger partial charge in [0.05, 0.1) is 10.9 Å². The summed E-state index contributed by atoms with van der Waals surface area (Å²) in [6.45, 7) is 0. The van der Waals surface area contributed by atoms with Gasteiger partial charge in [-0.25, -0.2) is 0 Å². The highest BCUT2D eigenvalue weighted by Crippen LogP contribution is 2.31. The molecular weight excluding hydrogens is 402 g/mol. The predicted octanol–water partition coefficient (Wildman–Crippen LogP) is 3.47. The second-order valence-electron chi connectivity index (χ2n) is 5.64. The molecule has 2 heterocycles. The third-order valence-corrected chi connectivity index (χ3v) is 5.73. The van der Waals surface area contributed by atoms with Crippen molar-refractivity contribution in [3.63, 3.8) is 0 Å². The van der Waals surface area contributed by atoms with Crippen molar-refractivity contribution in [1.29, 1.82) is 0 Å². The van der Waals surface area contributed by atoms with E-state index < -0.39 is 0 Å². The number of halogens is 1. The van der Waals surface area contributed by atoms with Gasteiger partial charge in [-0.05, 0) is 59.2 Å². The number of aryl methyl sites for hydroxylation is 1. The maximum absolute atomic E-state index is 12.6. The molecule has 1 atom stereocenters. The molecule has 0 bridgehead atoms. The molecule has 8 heteroatoms. The maximum atomic E-state index is 12.6. The van der Waals surface area contributed by atoms with Gasteiger partial charge in [0.2, 0.25) is 11.1 Å². The molecule has 0 aliphatic carbocycles. The lowest BCUT2D eigenvalue weighted by Crippen LogP contribution is -2.24. The zero-order valence-corrected chi connectivity index (χ0v) is 15.5. The van der Waals surface area contributed by atoms with E-state index in [1.807, 2.05) is 42.5 Å². The first-order chi connectivity index (χ1) is 12.2. The number of hydrogen-bond acceptors (Lipinski definition) is 5. The van der Waals surface area contributed by atoms with Crippen LogP contribution in [0.4, 0.5) is 5.69 Å². The average Bonchev–Trinajstić information content (AvgIpc) is 3.02. The Kier molecular flexibility index (Phi) is 4.54. The SMILES string of the molecule is O=C1Nc2ccccc2CCC1Sc1nnnn1-c1ccc(Br)cc1. The van der Waals surface area contributed by atoms with Crippen molar-refractivity contribution < 1.29 is 4.79 Å². The summed E-state index contributed by atoms with van der Waals surface area (Å²) >= 11 is 4.81. The molecule has 2 aromatic carbocycles. The summed E-state index contributed by atoms with van der Waals surface area (Å²) in [4.78, 5) is 12.6. The summed E-state index contributed by atoms with van der Waals surface area (Å²) in [6, 6.07) is 15.6. The van der Waals surface area contributed by atoms with Gasteiger partial charge in [0.25, 0.3) is 0 Å². The van der Waals surface area contributed by atoms with Crippen LogP contribution < -0.4 is 5.32 Å². The summed E-state index contributed by atoms with van der Waals surface area (Å²) in [5.74, 6) is -0.0136. The molecule has 6 nitrogen and oxygen atoms in total. The normalized spacial score (nSPS) is 16.8. The molecule has 0 spiro atoms. The van der Waals surface area contributed by atoms with E-state index in [4.69, 9.17) is 0 Å². The Balaban J connectivity index is 1.56. The zero-order chi connectivity index (χ0) is 17.2. The minimum Gasteiger partial charge on any atom is -0.325 e. The largest absolute Gasteiger partial charge is 0.325 e. The van der Waals surface area contributed by atoms with Crippen molar-refractivity contribution >= 4 is 39.3 Å². The second kappa shape index (κ2) is 6.97. The summed E-state index contributed by atoms with van der Waals surface area (Å²) in [5, 5.41) is 15.3. The number of hydrogen-bond donors (Lipinski definition) is 1. The van der Waals surface area contributed by atoms with Crippen molar-refractivity contribution in [2.45, 2.75) is 23.2 Å². The molecule has 1 aliphatic rings. The number of rotatable bonds is 3. The Hall–Kier alpha value is -2.19. The molecule has 126 valence electrons. The maximum Gasteiger partial charge on any atom is 0.237 e. The predicted molar refractivity (Wildman–Crippen MR) is 99.9 cm³/mol. The van der Waals surface area contributed by atoms with E-state index in [2.05, 4.69) is 42.8 Å². The number of fused-ring (bicyclic) bond motifs is 1. The number of anilines is 1. The van der Waals surface area contributed by atoms with Crippen LogP contribution in [0.25, 0.3) is 5.69 Å². The van der Waals surface area contributed by atoms with Gasteiger partial charge in [-0.15, -0.1) is 5.10 Å². The number of amides is 1. The third kappa shape index (κ3) is 3.45. The molecular formula is C17H14BrN5OS. The van der Waals surface area contributed by atoms with Crippen molar-refractivity contribution in [1.82, 2.24) is 20.2 Å². The molecule has 1 aromatic heterocycles. The Morgan fingerprint density at radius 3 is 2.80 bits per heavy atom. The Labute approximate surface area is 157 Å². The fraction of sp³-hybridized carbons (Fsp3) is 0.176. The Bertz CT molecular complexity index is 911. The van der Waals surface area contributed by atoms with Gasteiger partial charge < -0.3 is 5.32 Å². The van der Waals surface area contributed by atoms with Crippen LogP contribution in [-0.4, -0.2) is 31.4 Å². The number of benzene rings is 2. The Morgan fingerprint density at radius 1 is 1.16 bits per heavy atom. The first kappa shape index (κ1) is 16.3. The van der Waals surface area contributed by atoms with E-state index in [1.165, 1.54) is 11.8 Å². The molecule has 0 radical (unpaired) electrons. The van der Waals surface area contributed by atoms with E-state index in [0.717, 1.165) is 34.3 Å². The highest BCUT2D eigenvalue weighted by Gasteiger charge is 2.26. The second-order valence-corrected chi connectivity index (χ2v) is 7.73. The lowest BCUT2D eigenvalue weighted by molar-refractivity contribution is -0.115. The standard InChI is InChI=1S/C17H14BrN5OS/c18-12-6-8-13(9-7-12)23-17(20-21-22-23)25-15-10-5-11-3-1-2-4-14(11)19-16(15)24/h1-4,6-9,15H,5,10H2,(H,19,24). The number of nitrogens with one attached hydrogen (secondary N) is 1. The van der Waals surface area contributed by atoms with E-state index in [1.54, 1.807) is 4.68 Å². The van der Waals surface area contributed by atoms with Crippen LogP contribution in [0.15, 0.2) is 58.2 Å². The fourth-order valence-electron chi connectivity index (χ4n) is 2.73. The van der Waals surface area contributed by atoms with Crippen molar-refractivity contribution in [3.05, 3.63) is 58.6 Å². The van der Waals surface area contributed by atoms with E-state index in [9.17, 15) is 4.79 Å². The first-order valence-electron chi connectivity index (χ1n) is 7.80. The van der Waals surface area contributed by atoms with Crippen LogP contribution in [0.3, 0.4) is 0 Å². The van der Waals surface area contributed by atoms with Gasteiger partial charge in [-0.1, -0.05) is 45.9 Å². The molecule has 0 saturated carbocycles. The van der Waals surface area contributed by atoms with E-state index >= 15 is 0 Å². The van der Waals surface area contributed by atoms with Crippen molar-refractivity contribution in [2.24, 2.45) is 0 Å². The van der Waals surface area contributed by atoms with Crippen LogP contribution in [-0.2, 0) is 11.2 Å². The minimum atomic E-state index is -0.243. The molecule has 4 rings (SSSR count). The quantitative estimate of drug-likeness (QED) is 0.708. The molecule has 1 aliphatic heterocycles. The topological polar surface area (TPSA) is 72.7 Å². The molecule has 1 N–H and O–H groups in total. The first-order valence-corrected chi connectivity index (χ1v) is 9.48. The van der Waals surface area contributed by atoms with Crippen LogP contribution in [0, 0.1) is 0 Å². The lowest BCUT2D eigenvalue weighted by atomic mass is 10.1. The Morgan fingerprint density at radius 2 is 1.96 bits per heavy atom. The molecule has 0 saturated heterocycles. The lowest BCUT2D eigenvalue weighted by Gasteiger charge is -2.12. The summed E-state index contributed by atoms with van der Waals surface area (Å²) in [5.41, 5.74) is 2.91. The van der Waals surface area contributed by atoms with Crippen LogP contribution in [0.2, 0.25) is 0 Å². The van der Waals surface area contributed by atoms with Gasteiger partial charge in [-0.3, -0.25) is 4.79 Å². The minimum absolute atomic E-state index is 0.0136. The monoisotopic (exact) mass is 415 g/mol. The van der Waals surface area contributed by atoms with Crippen LogP contribution in [0.1, 0.15) is 12.0 Å². The molecule has 0 fully saturated rings. The summed E-state index contributed by atoms with van der Waals surface area (Å²) < 4.78 is 2.64. The van der Waals surface area contributed by atoms with Crippen LogP contribution in [0.5, 0.6) is 0 Å². The number of carbonyl (C=O) groups excluding carboxylic acids is 1. The number of carbonyl (C=O) groups is 1. The van der Waals surface area contributed by atoms with Gasteiger partial charge in [-0.2, -0.15) is 4.68 Å². The van der Waals surface area contributed by atoms with Crippen molar-refractivity contribution in [2.75, 3.05) is 5.32 Å². The summed E-state index contributed by atoms with van der Waals surface area (Å²) in [7, 11) is 0. The van der Waals surface area contributed by atoms with Gasteiger partial charge in [0.1, 0.15) is 0 Å². The number of aromatic nitrogens is 4. The number of para-hydroxylation sites is 1. The van der Waals surface area contributed by atoms with Crippen molar-refractivity contribution in [3.8, 4) is 5.69 Å². The van der Waals surface area contributed by atoms with E-state index in [0.29, 0.717) is 5.16 Å². The third-order valence-electron chi connectivity index (χ3n) is 4.00. The molecule has 25 heavy (non-hydrogen) atoms. The van der Waals surface area contributed by atoms with Gasteiger partial charge in [0, 0.05) is 10.2 Å². The molecule has 1 amide bonds. The molecule has 1 unspecified atom stereocenters. The number of tetrazole rings is 1. The highest BCUT2D eigenvalue weighted by atomic mass is 79.9. The highest BCUT2D eigenvalue weighted by molar-refractivity contribution is 9.10. The fourth-order valence-corrected chi connectivity index (χ4v) is 3.97. The van der Waals surface area contributed by atoms with E-state index in [-0.39, 0.29) is 11.2 Å². The number of nitrogens with zero attached hydrogens (tertiary/aromatic N) is 4. The van der Waals surface area contributed by atoms with Gasteiger partial charge in [0.15, 0.2) is 0 Å². The zero-order valence-electron chi connectivity index (χ0n) is 13.1. The molecule has 3 aromatic rings. The average molecular weight is 416 g/mol. The summed E-state index contributed by atoms with van der Waals surface area (Å²) in [6.07, 6.45) is 1.58. The smallest absolute Gasteiger partial charge is 0.237 e. The number of thioether (sulfide) groups is 1. The van der Waals surface area contributed by atoms with Crippen LogP contribution >= 0.6 is 27.7 Å².